The molecular formula is C15H16N4O. The molecule has 20 heavy (non-hydrogen) atoms. The summed E-state index contributed by atoms with van der Waals surface area (Å²) in [7, 11) is 1.94. The monoisotopic (exact) mass is 268 g/mol. The van der Waals surface area contributed by atoms with Crippen molar-refractivity contribution in [2.75, 3.05) is 31.6 Å². The Hall–Kier alpha value is -2.32. The number of nitrogens with zero attached hydrogens (tertiary/aromatic N) is 3. The number of piperazine rings is 1. The van der Waals surface area contributed by atoms with Crippen molar-refractivity contribution in [2.45, 2.75) is 6.92 Å². The fourth-order valence-corrected chi connectivity index (χ4v) is 2.67. The normalized spacial score (nSPS) is 16.6. The molecule has 1 aliphatic rings. The van der Waals surface area contributed by atoms with Gasteiger partial charge in [0, 0.05) is 24.7 Å². The van der Waals surface area contributed by atoms with Crippen LogP contribution < -0.4 is 4.90 Å². The van der Waals surface area contributed by atoms with Crippen molar-refractivity contribution in [3.63, 3.8) is 0 Å². The molecule has 0 saturated carbocycles. The molecule has 1 saturated heterocycles. The fraction of sp³-hybridized carbons (Fsp3) is 0.333. The number of aromatic nitrogens is 1. The highest BCUT2D eigenvalue weighted by Crippen LogP contribution is 2.30. The fourth-order valence-electron chi connectivity index (χ4n) is 2.67. The van der Waals surface area contributed by atoms with Crippen LogP contribution in [0.15, 0.2) is 18.3 Å². The van der Waals surface area contributed by atoms with Crippen LogP contribution in [0.5, 0.6) is 0 Å². The molecule has 1 aliphatic heterocycles. The van der Waals surface area contributed by atoms with Gasteiger partial charge in [-0.2, -0.15) is 5.26 Å². The first-order valence-electron chi connectivity index (χ1n) is 6.61. The highest BCUT2D eigenvalue weighted by Gasteiger charge is 2.25. The van der Waals surface area contributed by atoms with Crippen molar-refractivity contribution in [1.29, 1.82) is 5.26 Å². The van der Waals surface area contributed by atoms with E-state index in [-0.39, 0.29) is 5.91 Å². The molecule has 1 aromatic heterocycles. The second-order valence-corrected chi connectivity index (χ2v) is 5.28. The lowest BCUT2D eigenvalue weighted by molar-refractivity contribution is -0.120. The van der Waals surface area contributed by atoms with Crippen molar-refractivity contribution in [1.82, 2.24) is 9.88 Å². The van der Waals surface area contributed by atoms with Crippen LogP contribution in [0.4, 0.5) is 5.69 Å². The number of H-pyrrole nitrogens is 1. The number of benzene rings is 1. The molecule has 3 rings (SSSR count). The topological polar surface area (TPSA) is 63.1 Å². The third-order valence-electron chi connectivity index (χ3n) is 3.81. The van der Waals surface area contributed by atoms with Gasteiger partial charge in [0.2, 0.25) is 5.91 Å². The lowest BCUT2D eigenvalue weighted by Crippen LogP contribution is -2.49. The number of aryl methyl sites for hydroxylation is 1. The number of likely N-dealkylation sites (N-methyl/N-ethyl adjacent to an activating group) is 1. The molecule has 0 aliphatic carbocycles. The summed E-state index contributed by atoms with van der Waals surface area (Å²) in [6, 6.07) is 5.84. The van der Waals surface area contributed by atoms with Crippen molar-refractivity contribution >= 4 is 22.5 Å². The minimum absolute atomic E-state index is 0.0717. The Balaban J connectivity index is 2.15. The third-order valence-corrected chi connectivity index (χ3v) is 3.81. The highest BCUT2D eigenvalue weighted by molar-refractivity contribution is 6.04. The summed E-state index contributed by atoms with van der Waals surface area (Å²) in [5.41, 5.74) is 3.41. The molecule has 5 nitrogen and oxygen atoms in total. The number of hydrogen-bond donors (Lipinski definition) is 1. The molecular weight excluding hydrogens is 252 g/mol. The maximum absolute atomic E-state index is 12.2. The SMILES string of the molecule is Cc1c[nH]c2c(N3CCN(C)CC3=O)cc(C#N)cc12. The van der Waals surface area contributed by atoms with Gasteiger partial charge in [0.1, 0.15) is 0 Å². The van der Waals surface area contributed by atoms with Gasteiger partial charge < -0.3 is 9.88 Å². The molecule has 2 heterocycles. The number of anilines is 1. The van der Waals surface area contributed by atoms with Gasteiger partial charge >= 0.3 is 0 Å². The van der Waals surface area contributed by atoms with Crippen LogP contribution in [0.1, 0.15) is 11.1 Å². The summed E-state index contributed by atoms with van der Waals surface area (Å²) in [6.07, 6.45) is 1.91. The van der Waals surface area contributed by atoms with Crippen molar-refractivity contribution < 1.29 is 4.79 Å². The van der Waals surface area contributed by atoms with Gasteiger partial charge in [0.25, 0.3) is 0 Å². The molecule has 0 unspecified atom stereocenters. The second kappa shape index (κ2) is 4.66. The van der Waals surface area contributed by atoms with E-state index in [9.17, 15) is 10.1 Å². The first-order valence-corrected chi connectivity index (χ1v) is 6.61. The number of hydrogen-bond acceptors (Lipinski definition) is 3. The Morgan fingerprint density at radius 3 is 2.85 bits per heavy atom. The average molecular weight is 268 g/mol. The van der Waals surface area contributed by atoms with Gasteiger partial charge in [-0.25, -0.2) is 0 Å². The first kappa shape index (κ1) is 12.7. The third kappa shape index (κ3) is 1.95. The minimum Gasteiger partial charge on any atom is -0.359 e. The molecule has 0 radical (unpaired) electrons. The second-order valence-electron chi connectivity index (χ2n) is 5.28. The number of nitriles is 1. The molecule has 1 aromatic carbocycles. The molecule has 2 aromatic rings. The number of nitrogens with one attached hydrogen (secondary N) is 1. The molecule has 1 N–H and O–H groups in total. The van der Waals surface area contributed by atoms with Crippen LogP contribution in [0, 0.1) is 18.3 Å². The zero-order valence-electron chi connectivity index (χ0n) is 11.6. The number of rotatable bonds is 1. The van der Waals surface area contributed by atoms with Gasteiger partial charge in [-0.05, 0) is 31.7 Å². The number of carbonyl (C=O) groups is 1. The number of fused-ring (bicyclic) bond motifs is 1. The molecule has 0 bridgehead atoms. The number of aromatic amines is 1. The van der Waals surface area contributed by atoms with Crippen molar-refractivity contribution in [3.8, 4) is 6.07 Å². The van der Waals surface area contributed by atoms with E-state index in [0.717, 1.165) is 28.7 Å². The van der Waals surface area contributed by atoms with Crippen LogP contribution in [0.2, 0.25) is 0 Å². The van der Waals surface area contributed by atoms with E-state index in [1.165, 1.54) is 0 Å². The Bertz CT molecular complexity index is 725. The summed E-state index contributed by atoms with van der Waals surface area (Å²) in [6.45, 7) is 3.90. The van der Waals surface area contributed by atoms with E-state index in [4.69, 9.17) is 0 Å². The summed E-state index contributed by atoms with van der Waals surface area (Å²) in [5, 5.41) is 10.2. The minimum atomic E-state index is 0.0717. The molecule has 102 valence electrons. The summed E-state index contributed by atoms with van der Waals surface area (Å²) in [5.74, 6) is 0.0717. The van der Waals surface area contributed by atoms with E-state index in [1.807, 2.05) is 31.1 Å². The predicted molar refractivity (Wildman–Crippen MR) is 77.6 cm³/mol. The maximum atomic E-state index is 12.2. The summed E-state index contributed by atoms with van der Waals surface area (Å²) >= 11 is 0. The average Bonchev–Trinajstić information content (AvgIpc) is 2.80. The molecule has 1 amide bonds. The van der Waals surface area contributed by atoms with Crippen LogP contribution in [-0.4, -0.2) is 42.5 Å². The Labute approximate surface area is 117 Å². The maximum Gasteiger partial charge on any atom is 0.241 e. The van der Waals surface area contributed by atoms with E-state index in [0.29, 0.717) is 18.7 Å². The Morgan fingerprint density at radius 2 is 2.15 bits per heavy atom. The highest BCUT2D eigenvalue weighted by atomic mass is 16.2. The van der Waals surface area contributed by atoms with Crippen LogP contribution in [0.3, 0.4) is 0 Å². The zero-order chi connectivity index (χ0) is 14.3. The summed E-state index contributed by atoms with van der Waals surface area (Å²) < 4.78 is 0. The van der Waals surface area contributed by atoms with E-state index in [2.05, 4.69) is 11.1 Å². The largest absolute Gasteiger partial charge is 0.359 e. The lowest BCUT2D eigenvalue weighted by Gasteiger charge is -2.32. The van der Waals surface area contributed by atoms with Gasteiger partial charge in [-0.3, -0.25) is 9.69 Å². The number of amides is 1. The van der Waals surface area contributed by atoms with E-state index < -0.39 is 0 Å². The number of carbonyl (C=O) groups excluding carboxylic acids is 1. The van der Waals surface area contributed by atoms with Crippen molar-refractivity contribution in [3.05, 3.63) is 29.5 Å². The van der Waals surface area contributed by atoms with Gasteiger partial charge in [-0.1, -0.05) is 0 Å². The molecule has 0 spiro atoms. The predicted octanol–water partition coefficient (Wildman–Crippen LogP) is 1.63. The zero-order valence-corrected chi connectivity index (χ0v) is 11.6. The molecule has 1 fully saturated rings. The Morgan fingerprint density at radius 1 is 1.35 bits per heavy atom. The summed E-state index contributed by atoms with van der Waals surface area (Å²) in [4.78, 5) is 19.2. The van der Waals surface area contributed by atoms with Gasteiger partial charge in [0.05, 0.1) is 29.4 Å². The van der Waals surface area contributed by atoms with E-state index >= 15 is 0 Å². The van der Waals surface area contributed by atoms with Crippen LogP contribution in [0.25, 0.3) is 10.9 Å². The Kier molecular flexibility index (Phi) is 2.96. The van der Waals surface area contributed by atoms with Gasteiger partial charge in [0.15, 0.2) is 0 Å². The standard InChI is InChI=1S/C15H16N4O/c1-10-8-17-15-12(10)5-11(7-16)6-13(15)19-4-3-18(2)9-14(19)20/h5-6,8,17H,3-4,9H2,1-2H3. The van der Waals surface area contributed by atoms with Crippen molar-refractivity contribution in [2.24, 2.45) is 0 Å². The van der Waals surface area contributed by atoms with Crippen LogP contribution >= 0.6 is 0 Å². The quantitative estimate of drug-likeness (QED) is 0.855. The first-order chi connectivity index (χ1) is 9.60. The van der Waals surface area contributed by atoms with Gasteiger partial charge in [-0.15, -0.1) is 0 Å². The molecule has 0 atom stereocenters. The molecule has 5 heteroatoms. The lowest BCUT2D eigenvalue weighted by atomic mass is 10.1. The smallest absolute Gasteiger partial charge is 0.241 e. The van der Waals surface area contributed by atoms with Crippen LogP contribution in [-0.2, 0) is 4.79 Å². The van der Waals surface area contributed by atoms with E-state index in [1.54, 1.807) is 11.0 Å².